The van der Waals surface area contributed by atoms with Gasteiger partial charge in [-0.05, 0) is 63.8 Å². The lowest BCUT2D eigenvalue weighted by Gasteiger charge is -2.24. The number of hydrogen-bond acceptors (Lipinski definition) is 5. The molecular formula is C26H32N4O4. The standard InChI is InChI=1S/C26H32N4O4/c1-18(23(31)28-17-21-12-10-20(16-27)11-13-21)29-24(32)22(30-25(33)34-26(2,3)4)15-14-19-8-6-5-7-9-19/h5-13,18,22H,14-15,17H2,1-4H3,(H,28,31)(H,29,32)(H,30,33)/t18-,22+/m0/s1. The molecule has 8 nitrogen and oxygen atoms in total. The van der Waals surface area contributed by atoms with Gasteiger partial charge in [0.2, 0.25) is 11.8 Å². The van der Waals surface area contributed by atoms with E-state index in [1.807, 2.05) is 36.4 Å². The molecule has 0 bridgehead atoms. The second-order valence-electron chi connectivity index (χ2n) is 8.98. The van der Waals surface area contributed by atoms with Crippen LogP contribution in [0.15, 0.2) is 54.6 Å². The molecule has 0 aliphatic heterocycles. The van der Waals surface area contributed by atoms with Crippen molar-refractivity contribution in [1.29, 1.82) is 5.26 Å². The third-order valence-corrected chi connectivity index (χ3v) is 4.87. The van der Waals surface area contributed by atoms with E-state index < -0.39 is 29.7 Å². The summed E-state index contributed by atoms with van der Waals surface area (Å²) in [5, 5.41) is 16.9. The summed E-state index contributed by atoms with van der Waals surface area (Å²) >= 11 is 0. The predicted molar refractivity (Wildman–Crippen MR) is 129 cm³/mol. The van der Waals surface area contributed by atoms with Gasteiger partial charge in [0, 0.05) is 6.54 Å². The number of ether oxygens (including phenoxy) is 1. The van der Waals surface area contributed by atoms with Gasteiger partial charge in [-0.3, -0.25) is 9.59 Å². The number of nitriles is 1. The van der Waals surface area contributed by atoms with Gasteiger partial charge in [0.05, 0.1) is 11.6 Å². The topological polar surface area (TPSA) is 120 Å². The van der Waals surface area contributed by atoms with Crippen LogP contribution < -0.4 is 16.0 Å². The maximum Gasteiger partial charge on any atom is 0.408 e. The first-order chi connectivity index (χ1) is 16.1. The minimum Gasteiger partial charge on any atom is -0.444 e. The molecule has 0 saturated heterocycles. The lowest BCUT2D eigenvalue weighted by Crippen LogP contribution is -2.53. The zero-order chi connectivity index (χ0) is 25.1. The Morgan fingerprint density at radius 2 is 1.59 bits per heavy atom. The van der Waals surface area contributed by atoms with Crippen molar-refractivity contribution in [2.45, 2.75) is 64.8 Å². The number of nitrogens with one attached hydrogen (secondary N) is 3. The molecule has 3 amide bonds. The summed E-state index contributed by atoms with van der Waals surface area (Å²) in [6.45, 7) is 7.07. The Bertz CT molecular complexity index is 1010. The molecule has 0 unspecified atom stereocenters. The average molecular weight is 465 g/mol. The first-order valence-corrected chi connectivity index (χ1v) is 11.2. The predicted octanol–water partition coefficient (Wildman–Crippen LogP) is 3.21. The summed E-state index contributed by atoms with van der Waals surface area (Å²) in [6, 6.07) is 16.8. The van der Waals surface area contributed by atoms with Gasteiger partial charge in [0.15, 0.2) is 0 Å². The second-order valence-corrected chi connectivity index (χ2v) is 8.98. The van der Waals surface area contributed by atoms with E-state index in [1.165, 1.54) is 0 Å². The summed E-state index contributed by atoms with van der Waals surface area (Å²) in [7, 11) is 0. The summed E-state index contributed by atoms with van der Waals surface area (Å²) < 4.78 is 5.30. The molecule has 2 atom stereocenters. The lowest BCUT2D eigenvalue weighted by molar-refractivity contribution is -0.129. The van der Waals surface area contributed by atoms with Gasteiger partial charge in [-0.15, -0.1) is 0 Å². The minimum absolute atomic E-state index is 0.262. The average Bonchev–Trinajstić information content (AvgIpc) is 2.79. The number of rotatable bonds is 9. The van der Waals surface area contributed by atoms with Gasteiger partial charge in [0.1, 0.15) is 17.7 Å². The lowest BCUT2D eigenvalue weighted by atomic mass is 10.0. The van der Waals surface area contributed by atoms with Crippen molar-refractivity contribution in [2.24, 2.45) is 0 Å². The zero-order valence-corrected chi connectivity index (χ0v) is 20.1. The number of nitrogens with zero attached hydrogens (tertiary/aromatic N) is 1. The number of aryl methyl sites for hydroxylation is 1. The van der Waals surface area contributed by atoms with E-state index in [0.29, 0.717) is 18.4 Å². The van der Waals surface area contributed by atoms with Gasteiger partial charge in [-0.2, -0.15) is 5.26 Å². The van der Waals surface area contributed by atoms with Gasteiger partial charge in [0.25, 0.3) is 0 Å². The van der Waals surface area contributed by atoms with Crippen molar-refractivity contribution in [3.8, 4) is 6.07 Å². The molecular weight excluding hydrogens is 432 g/mol. The molecule has 0 aliphatic carbocycles. The molecule has 2 aromatic rings. The van der Waals surface area contributed by atoms with Crippen LogP contribution in [0, 0.1) is 11.3 Å². The van der Waals surface area contributed by atoms with E-state index in [-0.39, 0.29) is 12.5 Å². The number of alkyl carbamates (subject to hydrolysis) is 1. The third kappa shape index (κ3) is 9.33. The first-order valence-electron chi connectivity index (χ1n) is 11.2. The van der Waals surface area contributed by atoms with Gasteiger partial charge in [-0.1, -0.05) is 42.5 Å². The van der Waals surface area contributed by atoms with E-state index in [2.05, 4.69) is 16.0 Å². The van der Waals surface area contributed by atoms with E-state index in [1.54, 1.807) is 52.0 Å². The fourth-order valence-corrected chi connectivity index (χ4v) is 3.09. The fraction of sp³-hybridized carbons (Fsp3) is 0.385. The molecule has 0 heterocycles. The maximum atomic E-state index is 12.9. The van der Waals surface area contributed by atoms with Crippen LogP contribution in [-0.4, -0.2) is 35.6 Å². The van der Waals surface area contributed by atoms with E-state index in [9.17, 15) is 14.4 Å². The van der Waals surface area contributed by atoms with Crippen LogP contribution >= 0.6 is 0 Å². The zero-order valence-electron chi connectivity index (χ0n) is 20.1. The molecule has 8 heteroatoms. The van der Waals surface area contributed by atoms with Crippen molar-refractivity contribution in [1.82, 2.24) is 16.0 Å². The highest BCUT2D eigenvalue weighted by Crippen LogP contribution is 2.10. The van der Waals surface area contributed by atoms with E-state index >= 15 is 0 Å². The quantitative estimate of drug-likeness (QED) is 0.526. The summed E-state index contributed by atoms with van der Waals surface area (Å²) in [5.41, 5.74) is 1.69. The summed E-state index contributed by atoms with van der Waals surface area (Å²) in [6.07, 6.45) is 0.210. The van der Waals surface area contributed by atoms with Crippen LogP contribution in [0.1, 0.15) is 50.8 Å². The second kappa shape index (κ2) is 12.4. The highest BCUT2D eigenvalue weighted by Gasteiger charge is 2.26. The van der Waals surface area contributed by atoms with Crippen LogP contribution in [0.25, 0.3) is 0 Å². The smallest absolute Gasteiger partial charge is 0.408 e. The number of carbonyl (C=O) groups excluding carboxylic acids is 3. The molecule has 2 aromatic carbocycles. The summed E-state index contributed by atoms with van der Waals surface area (Å²) in [5.74, 6) is -0.834. The normalized spacial score (nSPS) is 12.6. The third-order valence-electron chi connectivity index (χ3n) is 4.87. The van der Waals surface area contributed by atoms with Crippen molar-refractivity contribution in [3.63, 3.8) is 0 Å². The van der Waals surface area contributed by atoms with Crippen molar-refractivity contribution in [2.75, 3.05) is 0 Å². The highest BCUT2D eigenvalue weighted by molar-refractivity contribution is 5.91. The Morgan fingerprint density at radius 1 is 0.941 bits per heavy atom. The SMILES string of the molecule is C[C@H](NC(=O)[C@@H](CCc1ccccc1)NC(=O)OC(C)(C)C)C(=O)NCc1ccc(C#N)cc1. The monoisotopic (exact) mass is 464 g/mol. The molecule has 0 aromatic heterocycles. The Labute approximate surface area is 200 Å². The Balaban J connectivity index is 1.96. The molecule has 0 spiro atoms. The van der Waals surface area contributed by atoms with Gasteiger partial charge < -0.3 is 20.7 Å². The van der Waals surface area contributed by atoms with Gasteiger partial charge >= 0.3 is 6.09 Å². The largest absolute Gasteiger partial charge is 0.444 e. The number of hydrogen-bond donors (Lipinski definition) is 3. The number of amides is 3. The fourth-order valence-electron chi connectivity index (χ4n) is 3.09. The molecule has 0 aliphatic rings. The number of benzene rings is 2. The highest BCUT2D eigenvalue weighted by atomic mass is 16.6. The molecule has 0 radical (unpaired) electrons. The maximum absolute atomic E-state index is 12.9. The molecule has 0 fully saturated rings. The van der Waals surface area contributed by atoms with Crippen LogP contribution in [0.5, 0.6) is 0 Å². The van der Waals surface area contributed by atoms with E-state index in [4.69, 9.17) is 10.00 Å². The van der Waals surface area contributed by atoms with Crippen LogP contribution in [0.2, 0.25) is 0 Å². The number of carbonyl (C=O) groups is 3. The van der Waals surface area contributed by atoms with Crippen LogP contribution in [0.3, 0.4) is 0 Å². The molecule has 180 valence electrons. The summed E-state index contributed by atoms with van der Waals surface area (Å²) in [4.78, 5) is 37.7. The molecule has 34 heavy (non-hydrogen) atoms. The molecule has 0 saturated carbocycles. The van der Waals surface area contributed by atoms with Crippen LogP contribution in [0.4, 0.5) is 4.79 Å². The molecule has 2 rings (SSSR count). The van der Waals surface area contributed by atoms with Crippen molar-refractivity contribution in [3.05, 3.63) is 71.3 Å². The minimum atomic E-state index is -0.871. The first kappa shape index (κ1) is 26.4. The molecule has 3 N–H and O–H groups in total. The Kier molecular flexibility index (Phi) is 9.62. The van der Waals surface area contributed by atoms with E-state index in [0.717, 1.165) is 11.1 Å². The Morgan fingerprint density at radius 3 is 2.18 bits per heavy atom. The van der Waals surface area contributed by atoms with Crippen molar-refractivity contribution < 1.29 is 19.1 Å². The van der Waals surface area contributed by atoms with Crippen molar-refractivity contribution >= 4 is 17.9 Å². The van der Waals surface area contributed by atoms with Gasteiger partial charge in [-0.25, -0.2) is 4.79 Å². The van der Waals surface area contributed by atoms with Crippen LogP contribution in [-0.2, 0) is 27.3 Å². The Hall–Kier alpha value is -3.86.